The number of aromatic nitrogens is 2. The van der Waals surface area contributed by atoms with E-state index in [0.29, 0.717) is 25.2 Å². The maximum absolute atomic E-state index is 13.2. The van der Waals surface area contributed by atoms with Crippen molar-refractivity contribution in [3.63, 3.8) is 0 Å². The van der Waals surface area contributed by atoms with Crippen molar-refractivity contribution in [2.45, 2.75) is 31.4 Å². The lowest BCUT2D eigenvalue weighted by Crippen LogP contribution is -2.57. The second kappa shape index (κ2) is 7.11. The zero-order valence-electron chi connectivity index (χ0n) is 15.1. The molecule has 8 nitrogen and oxygen atoms in total. The van der Waals surface area contributed by atoms with E-state index >= 15 is 0 Å². The van der Waals surface area contributed by atoms with E-state index in [1.165, 1.54) is 10.6 Å². The second-order valence-electron chi connectivity index (χ2n) is 7.01. The third kappa shape index (κ3) is 3.10. The molecule has 2 amide bonds. The molecule has 0 aromatic carbocycles. The molecule has 0 radical (unpaired) electrons. The molecule has 1 aliphatic heterocycles. The first-order chi connectivity index (χ1) is 13.1. The predicted molar refractivity (Wildman–Crippen MR) is 97.4 cm³/mol. The summed E-state index contributed by atoms with van der Waals surface area (Å²) in [4.78, 5) is 44.0. The molecular formula is C19H22N4O4. The molecule has 0 spiro atoms. The molecule has 3 atom stereocenters. The van der Waals surface area contributed by atoms with Gasteiger partial charge in [0.2, 0.25) is 5.91 Å². The molecule has 2 aromatic heterocycles. The van der Waals surface area contributed by atoms with Gasteiger partial charge in [0.1, 0.15) is 11.2 Å². The van der Waals surface area contributed by atoms with Crippen LogP contribution in [-0.2, 0) is 9.53 Å². The minimum Gasteiger partial charge on any atom is -0.374 e. The highest BCUT2D eigenvalue weighted by atomic mass is 16.5. The van der Waals surface area contributed by atoms with Gasteiger partial charge in [-0.2, -0.15) is 0 Å². The van der Waals surface area contributed by atoms with Gasteiger partial charge in [0.15, 0.2) is 0 Å². The number of morpholine rings is 1. The van der Waals surface area contributed by atoms with Crippen LogP contribution in [0.25, 0.3) is 5.65 Å². The Morgan fingerprint density at radius 2 is 2.15 bits per heavy atom. The molecule has 1 saturated heterocycles. The van der Waals surface area contributed by atoms with Gasteiger partial charge in [0.05, 0.1) is 18.8 Å². The highest BCUT2D eigenvalue weighted by molar-refractivity contribution is 5.94. The second-order valence-corrected chi connectivity index (χ2v) is 7.01. The van der Waals surface area contributed by atoms with Gasteiger partial charge in [-0.1, -0.05) is 6.07 Å². The standard InChI is InChI=1S/C19H22N4O4/c1-20-17(24)12-5-6-15-14(10-12)22(8-9-27-15)18(25)13-11-21-16-4-2-3-7-23(16)19(13)26/h2-4,7,11-12,14-15H,5-6,8-10H2,1H3,(H,20,24)/t12-,14+,15+/m0/s1. The number of amides is 2. The molecule has 1 aliphatic carbocycles. The van der Waals surface area contributed by atoms with E-state index in [4.69, 9.17) is 4.74 Å². The average Bonchev–Trinajstić information content (AvgIpc) is 2.72. The van der Waals surface area contributed by atoms with Crippen molar-refractivity contribution in [3.05, 3.63) is 46.5 Å². The van der Waals surface area contributed by atoms with E-state index in [1.54, 1.807) is 36.3 Å². The van der Waals surface area contributed by atoms with Crippen LogP contribution in [-0.4, -0.2) is 58.4 Å². The Morgan fingerprint density at radius 3 is 2.96 bits per heavy atom. The van der Waals surface area contributed by atoms with Crippen molar-refractivity contribution >= 4 is 17.5 Å². The summed E-state index contributed by atoms with van der Waals surface area (Å²) in [6, 6.07) is 5.02. The molecule has 8 heteroatoms. The topological polar surface area (TPSA) is 93.0 Å². The molecule has 1 N–H and O–H groups in total. The van der Waals surface area contributed by atoms with Crippen LogP contribution in [0.15, 0.2) is 35.4 Å². The van der Waals surface area contributed by atoms with E-state index in [1.807, 2.05) is 0 Å². The number of hydrogen-bond donors (Lipinski definition) is 1. The fraction of sp³-hybridized carbons (Fsp3) is 0.474. The normalized spacial score (nSPS) is 25.1. The lowest BCUT2D eigenvalue weighted by atomic mass is 9.81. The number of fused-ring (bicyclic) bond motifs is 2. The van der Waals surface area contributed by atoms with Crippen LogP contribution >= 0.6 is 0 Å². The minimum absolute atomic E-state index is 0.0149. The largest absolute Gasteiger partial charge is 0.374 e. The fourth-order valence-electron chi connectivity index (χ4n) is 4.13. The lowest BCUT2D eigenvalue weighted by molar-refractivity contribution is -0.131. The molecule has 2 aliphatic rings. The Bertz CT molecular complexity index is 941. The van der Waals surface area contributed by atoms with E-state index in [9.17, 15) is 14.4 Å². The van der Waals surface area contributed by atoms with Crippen molar-refractivity contribution in [1.82, 2.24) is 19.6 Å². The Labute approximate surface area is 156 Å². The van der Waals surface area contributed by atoms with Gasteiger partial charge in [0, 0.05) is 31.9 Å². The van der Waals surface area contributed by atoms with Crippen LogP contribution in [0, 0.1) is 5.92 Å². The number of nitrogens with one attached hydrogen (secondary N) is 1. The van der Waals surface area contributed by atoms with Crippen LogP contribution in [0.4, 0.5) is 0 Å². The third-order valence-corrected chi connectivity index (χ3v) is 5.54. The molecule has 3 heterocycles. The Kier molecular flexibility index (Phi) is 4.65. The highest BCUT2D eigenvalue weighted by Gasteiger charge is 2.42. The van der Waals surface area contributed by atoms with Crippen LogP contribution in [0.3, 0.4) is 0 Å². The summed E-state index contributed by atoms with van der Waals surface area (Å²) in [6.45, 7) is 0.831. The Morgan fingerprint density at radius 1 is 1.30 bits per heavy atom. The first-order valence-corrected chi connectivity index (χ1v) is 9.20. The maximum atomic E-state index is 13.2. The van der Waals surface area contributed by atoms with Crippen LogP contribution < -0.4 is 10.9 Å². The summed E-state index contributed by atoms with van der Waals surface area (Å²) < 4.78 is 7.21. The molecule has 142 valence electrons. The molecule has 0 unspecified atom stereocenters. The average molecular weight is 370 g/mol. The zero-order valence-corrected chi connectivity index (χ0v) is 15.1. The summed E-state index contributed by atoms with van der Waals surface area (Å²) in [5.41, 5.74) is 0.157. The summed E-state index contributed by atoms with van der Waals surface area (Å²) in [5.74, 6) is -0.510. The Balaban J connectivity index is 1.65. The van der Waals surface area contributed by atoms with E-state index < -0.39 is 0 Å². The summed E-state index contributed by atoms with van der Waals surface area (Å²) in [7, 11) is 1.62. The summed E-state index contributed by atoms with van der Waals surface area (Å²) in [6.07, 6.45) is 4.86. The van der Waals surface area contributed by atoms with Gasteiger partial charge >= 0.3 is 0 Å². The maximum Gasteiger partial charge on any atom is 0.270 e. The van der Waals surface area contributed by atoms with Crippen molar-refractivity contribution < 1.29 is 14.3 Å². The van der Waals surface area contributed by atoms with Crippen molar-refractivity contribution in [3.8, 4) is 0 Å². The summed E-state index contributed by atoms with van der Waals surface area (Å²) >= 11 is 0. The first-order valence-electron chi connectivity index (χ1n) is 9.20. The smallest absolute Gasteiger partial charge is 0.270 e. The van der Waals surface area contributed by atoms with E-state index in [-0.39, 0.29) is 41.0 Å². The minimum atomic E-state index is -0.382. The van der Waals surface area contributed by atoms with Gasteiger partial charge in [0.25, 0.3) is 11.5 Å². The van der Waals surface area contributed by atoms with Gasteiger partial charge in [-0.25, -0.2) is 4.98 Å². The Hall–Kier alpha value is -2.74. The monoisotopic (exact) mass is 370 g/mol. The van der Waals surface area contributed by atoms with Crippen molar-refractivity contribution in [1.29, 1.82) is 0 Å². The number of nitrogens with zero attached hydrogens (tertiary/aromatic N) is 3. The van der Waals surface area contributed by atoms with Crippen LogP contribution in [0.1, 0.15) is 29.6 Å². The quantitative estimate of drug-likeness (QED) is 0.829. The zero-order chi connectivity index (χ0) is 19.0. The number of hydrogen-bond acceptors (Lipinski definition) is 5. The number of carbonyl (C=O) groups is 2. The number of carbonyl (C=O) groups excluding carboxylic acids is 2. The van der Waals surface area contributed by atoms with Gasteiger partial charge in [-0.15, -0.1) is 0 Å². The number of rotatable bonds is 2. The number of ether oxygens (including phenoxy) is 1. The molecule has 1 saturated carbocycles. The van der Waals surface area contributed by atoms with Crippen molar-refractivity contribution in [2.24, 2.45) is 5.92 Å². The lowest BCUT2D eigenvalue weighted by Gasteiger charge is -2.45. The molecule has 0 bridgehead atoms. The van der Waals surface area contributed by atoms with E-state index in [0.717, 1.165) is 12.8 Å². The van der Waals surface area contributed by atoms with Gasteiger partial charge in [-0.3, -0.25) is 18.8 Å². The predicted octanol–water partition coefficient (Wildman–Crippen LogP) is 0.450. The molecule has 2 aromatic rings. The van der Waals surface area contributed by atoms with Gasteiger partial charge in [-0.05, 0) is 31.4 Å². The fourth-order valence-corrected chi connectivity index (χ4v) is 4.13. The van der Waals surface area contributed by atoms with Crippen LogP contribution in [0.5, 0.6) is 0 Å². The number of pyridine rings is 1. The third-order valence-electron chi connectivity index (χ3n) is 5.54. The van der Waals surface area contributed by atoms with Gasteiger partial charge < -0.3 is 15.0 Å². The highest BCUT2D eigenvalue weighted by Crippen LogP contribution is 2.33. The van der Waals surface area contributed by atoms with Crippen LogP contribution in [0.2, 0.25) is 0 Å². The van der Waals surface area contributed by atoms with Crippen molar-refractivity contribution in [2.75, 3.05) is 20.2 Å². The molecular weight excluding hydrogens is 348 g/mol. The SMILES string of the molecule is CNC(=O)[C@H]1CC[C@H]2OCCN(C(=O)c3cnc4ccccn4c3=O)[C@@H]2C1. The molecule has 27 heavy (non-hydrogen) atoms. The van der Waals surface area contributed by atoms with E-state index in [2.05, 4.69) is 10.3 Å². The molecule has 2 fully saturated rings. The molecule has 4 rings (SSSR count). The first kappa shape index (κ1) is 17.7. The summed E-state index contributed by atoms with van der Waals surface area (Å²) in [5, 5.41) is 2.69.